The molecule has 3 aromatic rings. The Morgan fingerprint density at radius 2 is 2.10 bits per heavy atom. The lowest BCUT2D eigenvalue weighted by Gasteiger charge is -2.26. The Morgan fingerprint density at radius 3 is 2.77 bits per heavy atom. The van der Waals surface area contributed by atoms with Gasteiger partial charge in [-0.3, -0.25) is 25.0 Å². The van der Waals surface area contributed by atoms with E-state index < -0.39 is 10.8 Å². The van der Waals surface area contributed by atoms with Gasteiger partial charge in [0.1, 0.15) is 5.76 Å². The number of non-ortho nitro benzene ring substituents is 1. The van der Waals surface area contributed by atoms with Gasteiger partial charge in [0.2, 0.25) is 5.91 Å². The van der Waals surface area contributed by atoms with Crippen LogP contribution in [0, 0.1) is 17.0 Å². The Balaban J connectivity index is 1.39. The number of hydrogen-bond donors (Lipinski definition) is 1. The zero-order chi connectivity index (χ0) is 21.3. The number of nitro benzene ring substituents is 1. The largest absolute Gasteiger partial charge is 0.361 e. The van der Waals surface area contributed by atoms with Crippen molar-refractivity contribution >= 4 is 34.0 Å². The standard InChI is InChI=1S/C19H17N5O5S/c1-11-8-15(22-29-11)18(26)21-19-20-14-6-7-23(10-16(14)30-19)17(25)9-12-2-4-13(5-3-12)24(27)28/h2-5,8H,6-7,9-10H2,1H3,(H,20,21,26). The molecule has 154 valence electrons. The Morgan fingerprint density at radius 1 is 1.33 bits per heavy atom. The van der Waals surface area contributed by atoms with Crippen LogP contribution in [0.2, 0.25) is 0 Å². The van der Waals surface area contributed by atoms with Crippen molar-refractivity contribution in [3.05, 3.63) is 68.0 Å². The highest BCUT2D eigenvalue weighted by Gasteiger charge is 2.25. The molecule has 1 N–H and O–H groups in total. The van der Waals surface area contributed by atoms with Crippen molar-refractivity contribution in [2.75, 3.05) is 11.9 Å². The molecule has 0 saturated carbocycles. The first kappa shape index (κ1) is 19.7. The summed E-state index contributed by atoms with van der Waals surface area (Å²) in [5, 5.41) is 17.6. The highest BCUT2D eigenvalue weighted by Crippen LogP contribution is 2.29. The van der Waals surface area contributed by atoms with Crippen molar-refractivity contribution in [1.82, 2.24) is 15.0 Å². The van der Waals surface area contributed by atoms with Crippen LogP contribution < -0.4 is 5.32 Å². The van der Waals surface area contributed by atoms with Crippen LogP contribution in [0.15, 0.2) is 34.9 Å². The van der Waals surface area contributed by atoms with Crippen LogP contribution in [0.5, 0.6) is 0 Å². The van der Waals surface area contributed by atoms with E-state index >= 15 is 0 Å². The van der Waals surface area contributed by atoms with Crippen molar-refractivity contribution in [3.8, 4) is 0 Å². The lowest BCUT2D eigenvalue weighted by molar-refractivity contribution is -0.384. The number of hydrogen-bond acceptors (Lipinski definition) is 8. The van der Waals surface area contributed by atoms with E-state index in [4.69, 9.17) is 4.52 Å². The summed E-state index contributed by atoms with van der Waals surface area (Å²) in [6.45, 7) is 2.64. The van der Waals surface area contributed by atoms with E-state index in [-0.39, 0.29) is 23.7 Å². The van der Waals surface area contributed by atoms with Crippen LogP contribution in [0.3, 0.4) is 0 Å². The van der Waals surface area contributed by atoms with Gasteiger partial charge in [0.25, 0.3) is 11.6 Å². The molecule has 1 aliphatic rings. The van der Waals surface area contributed by atoms with Gasteiger partial charge in [-0.15, -0.1) is 0 Å². The number of benzene rings is 1. The van der Waals surface area contributed by atoms with Gasteiger partial charge in [-0.05, 0) is 12.5 Å². The molecule has 30 heavy (non-hydrogen) atoms. The summed E-state index contributed by atoms with van der Waals surface area (Å²) in [4.78, 5) is 42.2. The van der Waals surface area contributed by atoms with E-state index in [1.54, 1.807) is 30.0 Å². The van der Waals surface area contributed by atoms with E-state index in [9.17, 15) is 19.7 Å². The summed E-state index contributed by atoms with van der Waals surface area (Å²) in [5.74, 6) is 0.0800. The minimum absolute atomic E-state index is 0.00571. The fourth-order valence-corrected chi connectivity index (χ4v) is 4.14. The molecule has 0 fully saturated rings. The monoisotopic (exact) mass is 427 g/mol. The molecule has 2 aromatic heterocycles. The Bertz CT molecular complexity index is 1120. The fraction of sp³-hybridized carbons (Fsp3) is 0.263. The van der Waals surface area contributed by atoms with Crippen molar-refractivity contribution in [1.29, 1.82) is 0 Å². The quantitative estimate of drug-likeness (QED) is 0.489. The van der Waals surface area contributed by atoms with Gasteiger partial charge in [-0.1, -0.05) is 28.6 Å². The van der Waals surface area contributed by atoms with Gasteiger partial charge in [0.15, 0.2) is 10.8 Å². The SMILES string of the molecule is Cc1cc(C(=O)Nc2nc3c(s2)CN(C(=O)Cc2ccc([N+](=O)[O-])cc2)CC3)no1. The highest BCUT2D eigenvalue weighted by atomic mass is 32.1. The van der Waals surface area contributed by atoms with E-state index in [0.29, 0.717) is 30.4 Å². The normalized spacial score (nSPS) is 13.0. The molecule has 0 saturated heterocycles. The fourth-order valence-electron chi connectivity index (χ4n) is 3.12. The molecular formula is C19H17N5O5S. The molecule has 11 heteroatoms. The number of rotatable bonds is 5. The second-order valence-electron chi connectivity index (χ2n) is 6.83. The summed E-state index contributed by atoms with van der Waals surface area (Å²) in [6.07, 6.45) is 0.762. The summed E-state index contributed by atoms with van der Waals surface area (Å²) >= 11 is 1.33. The van der Waals surface area contributed by atoms with Gasteiger partial charge < -0.3 is 9.42 Å². The van der Waals surface area contributed by atoms with Crippen molar-refractivity contribution in [3.63, 3.8) is 0 Å². The number of aryl methyl sites for hydroxylation is 1. The van der Waals surface area contributed by atoms with Crippen LogP contribution in [0.25, 0.3) is 0 Å². The number of carbonyl (C=O) groups excluding carboxylic acids is 2. The third kappa shape index (κ3) is 4.20. The maximum atomic E-state index is 12.7. The van der Waals surface area contributed by atoms with Crippen LogP contribution in [0.4, 0.5) is 10.8 Å². The van der Waals surface area contributed by atoms with Crippen LogP contribution in [-0.2, 0) is 24.2 Å². The van der Waals surface area contributed by atoms with Gasteiger partial charge in [-0.2, -0.15) is 0 Å². The molecule has 0 bridgehead atoms. The number of carbonyl (C=O) groups is 2. The molecule has 0 unspecified atom stereocenters. The topological polar surface area (TPSA) is 131 Å². The Labute approximate surface area is 174 Å². The van der Waals surface area contributed by atoms with Crippen molar-refractivity contribution < 1.29 is 19.0 Å². The number of thiazole rings is 1. The molecule has 3 heterocycles. The molecule has 0 atom stereocenters. The Hall–Kier alpha value is -3.60. The average molecular weight is 427 g/mol. The zero-order valence-corrected chi connectivity index (χ0v) is 16.8. The number of amides is 2. The van der Waals surface area contributed by atoms with E-state index in [2.05, 4.69) is 15.5 Å². The maximum Gasteiger partial charge on any atom is 0.279 e. The zero-order valence-electron chi connectivity index (χ0n) is 16.0. The predicted octanol–water partition coefficient (Wildman–Crippen LogP) is 2.73. The Kier molecular flexibility index (Phi) is 5.27. The number of nitrogens with zero attached hydrogens (tertiary/aromatic N) is 4. The van der Waals surface area contributed by atoms with E-state index in [0.717, 1.165) is 16.1 Å². The van der Waals surface area contributed by atoms with Gasteiger partial charge in [0, 0.05) is 36.0 Å². The molecule has 0 radical (unpaired) electrons. The minimum atomic E-state index is -0.471. The summed E-state index contributed by atoms with van der Waals surface area (Å²) < 4.78 is 4.91. The maximum absolute atomic E-state index is 12.7. The van der Waals surface area contributed by atoms with Gasteiger partial charge >= 0.3 is 0 Å². The molecule has 4 rings (SSSR count). The van der Waals surface area contributed by atoms with Crippen molar-refractivity contribution in [2.24, 2.45) is 0 Å². The number of nitro groups is 1. The van der Waals surface area contributed by atoms with Crippen LogP contribution in [0.1, 0.15) is 32.4 Å². The summed E-state index contributed by atoms with van der Waals surface area (Å²) in [6, 6.07) is 7.52. The molecule has 1 aromatic carbocycles. The highest BCUT2D eigenvalue weighted by molar-refractivity contribution is 7.15. The van der Waals surface area contributed by atoms with Crippen LogP contribution >= 0.6 is 11.3 Å². The lowest BCUT2D eigenvalue weighted by atomic mass is 10.1. The first-order valence-corrected chi connectivity index (χ1v) is 9.95. The molecule has 0 aliphatic carbocycles. The first-order chi connectivity index (χ1) is 14.4. The van der Waals surface area contributed by atoms with Crippen molar-refractivity contribution in [2.45, 2.75) is 26.3 Å². The summed E-state index contributed by atoms with van der Waals surface area (Å²) in [5.41, 5.74) is 1.76. The molecular weight excluding hydrogens is 410 g/mol. The molecule has 10 nitrogen and oxygen atoms in total. The van der Waals surface area contributed by atoms with Crippen LogP contribution in [-0.4, -0.2) is 38.3 Å². The third-order valence-corrected chi connectivity index (χ3v) is 5.67. The number of fused-ring (bicyclic) bond motifs is 1. The summed E-state index contributed by atoms with van der Waals surface area (Å²) in [7, 11) is 0. The molecule has 2 amide bonds. The van der Waals surface area contributed by atoms with Gasteiger partial charge in [0.05, 0.1) is 23.6 Å². The second-order valence-corrected chi connectivity index (χ2v) is 7.92. The minimum Gasteiger partial charge on any atom is -0.361 e. The van der Waals surface area contributed by atoms with E-state index in [1.807, 2.05) is 0 Å². The molecule has 0 spiro atoms. The number of anilines is 1. The van der Waals surface area contributed by atoms with E-state index in [1.165, 1.54) is 23.5 Å². The van der Waals surface area contributed by atoms with Gasteiger partial charge in [-0.25, -0.2) is 4.98 Å². The smallest absolute Gasteiger partial charge is 0.279 e. The third-order valence-electron chi connectivity index (χ3n) is 4.67. The second kappa shape index (κ2) is 8.03. The first-order valence-electron chi connectivity index (χ1n) is 9.13. The number of aromatic nitrogens is 2. The number of nitrogens with one attached hydrogen (secondary N) is 1. The molecule has 1 aliphatic heterocycles. The average Bonchev–Trinajstić information content (AvgIpc) is 3.33. The lowest BCUT2D eigenvalue weighted by Crippen LogP contribution is -2.36. The predicted molar refractivity (Wildman–Crippen MR) is 107 cm³/mol.